The molecular formula is C19H25N3O2. The fourth-order valence-corrected chi connectivity index (χ4v) is 3.65. The molecule has 128 valence electrons. The van der Waals surface area contributed by atoms with Crippen LogP contribution in [-0.2, 0) is 4.79 Å². The van der Waals surface area contributed by atoms with Gasteiger partial charge in [0.25, 0.3) is 5.91 Å². The molecule has 1 fully saturated rings. The Morgan fingerprint density at radius 1 is 1.38 bits per heavy atom. The number of nitrogens with zero attached hydrogens (tertiary/aromatic N) is 1. The highest BCUT2D eigenvalue weighted by Gasteiger charge is 2.50. The minimum Gasteiger partial charge on any atom is -0.497 e. The number of hydrazone groups is 1. The Morgan fingerprint density at radius 2 is 2.12 bits per heavy atom. The Morgan fingerprint density at radius 3 is 2.75 bits per heavy atom. The topological polar surface area (TPSA) is 62.7 Å². The highest BCUT2D eigenvalue weighted by atomic mass is 16.5. The fourth-order valence-electron chi connectivity index (χ4n) is 3.65. The lowest BCUT2D eigenvalue weighted by Crippen LogP contribution is -2.48. The van der Waals surface area contributed by atoms with E-state index in [0.29, 0.717) is 11.3 Å². The molecule has 1 aromatic rings. The van der Waals surface area contributed by atoms with Crippen LogP contribution in [0.3, 0.4) is 0 Å². The first-order valence-electron chi connectivity index (χ1n) is 8.40. The van der Waals surface area contributed by atoms with E-state index in [-0.39, 0.29) is 12.5 Å². The lowest BCUT2D eigenvalue weighted by Gasteiger charge is -2.55. The summed E-state index contributed by atoms with van der Waals surface area (Å²) in [5, 5.41) is 7.18. The molecule has 3 aliphatic carbocycles. The first-order chi connectivity index (χ1) is 11.5. The third kappa shape index (κ3) is 3.30. The van der Waals surface area contributed by atoms with E-state index >= 15 is 0 Å². The molecule has 3 aliphatic rings. The summed E-state index contributed by atoms with van der Waals surface area (Å²) in [5.74, 6) is 2.01. The van der Waals surface area contributed by atoms with Crippen molar-refractivity contribution in [1.82, 2.24) is 5.43 Å². The predicted molar refractivity (Wildman–Crippen MR) is 96.2 cm³/mol. The van der Waals surface area contributed by atoms with Gasteiger partial charge in [-0.1, -0.05) is 19.9 Å². The van der Waals surface area contributed by atoms with E-state index in [9.17, 15) is 4.79 Å². The van der Waals surface area contributed by atoms with Gasteiger partial charge in [0.2, 0.25) is 0 Å². The van der Waals surface area contributed by atoms with E-state index in [1.54, 1.807) is 7.11 Å². The highest BCUT2D eigenvalue weighted by Crippen LogP contribution is 2.58. The summed E-state index contributed by atoms with van der Waals surface area (Å²) in [4.78, 5) is 11.9. The van der Waals surface area contributed by atoms with E-state index in [4.69, 9.17) is 4.74 Å². The summed E-state index contributed by atoms with van der Waals surface area (Å²) in [6.45, 7) is 4.83. The zero-order valence-corrected chi connectivity index (χ0v) is 14.5. The first kappa shape index (κ1) is 16.6. The second-order valence-electron chi connectivity index (χ2n) is 7.12. The molecule has 0 heterocycles. The number of hydrogen-bond donors (Lipinski definition) is 2. The van der Waals surface area contributed by atoms with Gasteiger partial charge in [-0.05, 0) is 59.9 Å². The zero-order chi connectivity index (χ0) is 17.2. The molecule has 2 N–H and O–H groups in total. The molecule has 5 heteroatoms. The number of nitrogens with one attached hydrogen (secondary N) is 2. The SMILES string of the molecule is COc1ccc(NCC(=O)N/N=C\C2=CC[C@@H]3C[C@H]2C3(C)C)cc1. The van der Waals surface area contributed by atoms with Crippen molar-refractivity contribution in [3.63, 3.8) is 0 Å². The number of carbonyl (C=O) groups excluding carboxylic acids is 1. The fraction of sp³-hybridized carbons (Fsp3) is 0.474. The van der Waals surface area contributed by atoms with E-state index in [1.807, 2.05) is 30.5 Å². The number of carbonyl (C=O) groups is 1. The third-order valence-electron chi connectivity index (χ3n) is 5.46. The van der Waals surface area contributed by atoms with Crippen molar-refractivity contribution in [2.45, 2.75) is 26.7 Å². The van der Waals surface area contributed by atoms with Crippen LogP contribution in [-0.4, -0.2) is 25.8 Å². The molecule has 1 amide bonds. The standard InChI is InChI=1S/C19H25N3O2/c1-19(2)14-5-4-13(17(19)10-14)11-21-22-18(23)12-20-15-6-8-16(24-3)9-7-15/h4,6-9,11,14,17,20H,5,10,12H2,1-3H3,(H,22,23)/b21-11-/t14-,17-/m1/s1. The Kier molecular flexibility index (Phi) is 4.60. The maximum absolute atomic E-state index is 11.9. The number of hydrogen-bond acceptors (Lipinski definition) is 4. The number of benzene rings is 1. The van der Waals surface area contributed by atoms with Gasteiger partial charge >= 0.3 is 0 Å². The van der Waals surface area contributed by atoms with Gasteiger partial charge in [-0.3, -0.25) is 4.79 Å². The van der Waals surface area contributed by atoms with E-state index in [2.05, 4.69) is 35.8 Å². The number of ether oxygens (including phenoxy) is 1. The average molecular weight is 327 g/mol. The molecule has 0 radical (unpaired) electrons. The van der Waals surface area contributed by atoms with Crippen molar-refractivity contribution < 1.29 is 9.53 Å². The number of amides is 1. The summed E-state index contributed by atoms with van der Waals surface area (Å²) in [7, 11) is 1.63. The van der Waals surface area contributed by atoms with Crippen LogP contribution in [0.25, 0.3) is 0 Å². The summed E-state index contributed by atoms with van der Waals surface area (Å²) in [6.07, 6.45) is 6.44. The molecule has 1 aromatic carbocycles. The van der Waals surface area contributed by atoms with Crippen LogP contribution in [0.1, 0.15) is 26.7 Å². The van der Waals surface area contributed by atoms with E-state index < -0.39 is 0 Å². The maximum atomic E-state index is 11.9. The van der Waals surface area contributed by atoms with Crippen molar-refractivity contribution in [3.05, 3.63) is 35.9 Å². The molecule has 0 aromatic heterocycles. The summed E-state index contributed by atoms with van der Waals surface area (Å²) in [5.41, 5.74) is 5.08. The van der Waals surface area contributed by atoms with E-state index in [0.717, 1.165) is 23.8 Å². The van der Waals surface area contributed by atoms with Crippen LogP contribution < -0.4 is 15.5 Å². The van der Waals surface area contributed by atoms with Crippen LogP contribution >= 0.6 is 0 Å². The lowest BCUT2D eigenvalue weighted by atomic mass is 9.49. The van der Waals surface area contributed by atoms with Crippen molar-refractivity contribution in [2.24, 2.45) is 22.4 Å². The molecule has 0 saturated heterocycles. The monoisotopic (exact) mass is 327 g/mol. The maximum Gasteiger partial charge on any atom is 0.259 e. The Balaban J connectivity index is 1.45. The van der Waals surface area contributed by atoms with Gasteiger partial charge in [-0.2, -0.15) is 5.10 Å². The minimum absolute atomic E-state index is 0.163. The molecule has 2 atom stereocenters. The molecule has 2 bridgehead atoms. The van der Waals surface area contributed by atoms with Gasteiger partial charge in [-0.25, -0.2) is 5.43 Å². The van der Waals surface area contributed by atoms with Gasteiger partial charge in [0.05, 0.1) is 19.9 Å². The highest BCUT2D eigenvalue weighted by molar-refractivity contribution is 5.84. The molecule has 1 saturated carbocycles. The van der Waals surface area contributed by atoms with Gasteiger partial charge in [-0.15, -0.1) is 0 Å². The average Bonchev–Trinajstić information content (AvgIpc) is 2.60. The lowest BCUT2D eigenvalue weighted by molar-refractivity contribution is -0.119. The largest absolute Gasteiger partial charge is 0.497 e. The Labute approximate surface area is 143 Å². The van der Waals surface area contributed by atoms with Crippen LogP contribution in [0.2, 0.25) is 0 Å². The van der Waals surface area contributed by atoms with Crippen molar-refractivity contribution in [2.75, 3.05) is 19.0 Å². The van der Waals surface area contributed by atoms with Crippen LogP contribution in [0.15, 0.2) is 41.0 Å². The second kappa shape index (κ2) is 6.67. The van der Waals surface area contributed by atoms with Gasteiger partial charge in [0.15, 0.2) is 0 Å². The molecule has 0 spiro atoms. The zero-order valence-electron chi connectivity index (χ0n) is 14.5. The number of fused-ring (bicyclic) bond motifs is 1. The third-order valence-corrected chi connectivity index (χ3v) is 5.46. The molecule has 5 nitrogen and oxygen atoms in total. The smallest absolute Gasteiger partial charge is 0.259 e. The van der Waals surface area contributed by atoms with Gasteiger partial charge in [0.1, 0.15) is 5.75 Å². The van der Waals surface area contributed by atoms with Crippen LogP contribution in [0.4, 0.5) is 5.69 Å². The summed E-state index contributed by atoms with van der Waals surface area (Å²) >= 11 is 0. The van der Waals surface area contributed by atoms with Gasteiger partial charge < -0.3 is 10.1 Å². The molecule has 0 aliphatic heterocycles. The van der Waals surface area contributed by atoms with Gasteiger partial charge in [0, 0.05) is 5.69 Å². The van der Waals surface area contributed by atoms with Crippen molar-refractivity contribution in [3.8, 4) is 5.75 Å². The predicted octanol–water partition coefficient (Wildman–Crippen LogP) is 3.20. The second-order valence-corrected chi connectivity index (χ2v) is 7.12. The Bertz CT molecular complexity index is 662. The molecule has 24 heavy (non-hydrogen) atoms. The van der Waals surface area contributed by atoms with Crippen LogP contribution in [0, 0.1) is 17.3 Å². The normalized spacial score (nSPS) is 24.0. The number of rotatable bonds is 6. The van der Waals surface area contributed by atoms with Crippen molar-refractivity contribution >= 4 is 17.8 Å². The summed E-state index contributed by atoms with van der Waals surface area (Å²) < 4.78 is 5.10. The number of anilines is 1. The summed E-state index contributed by atoms with van der Waals surface area (Å²) in [6, 6.07) is 7.44. The number of allylic oxidation sites excluding steroid dienone is 2. The Hall–Kier alpha value is -2.30. The molecule has 0 unspecified atom stereocenters. The van der Waals surface area contributed by atoms with Crippen molar-refractivity contribution in [1.29, 1.82) is 0 Å². The number of methoxy groups -OCH3 is 1. The minimum atomic E-state index is -0.163. The molecule has 4 rings (SSSR count). The molecular weight excluding hydrogens is 302 g/mol. The van der Waals surface area contributed by atoms with E-state index in [1.165, 1.54) is 12.0 Å². The quantitative estimate of drug-likeness (QED) is 0.623. The first-order valence-corrected chi connectivity index (χ1v) is 8.40. The van der Waals surface area contributed by atoms with Crippen LogP contribution in [0.5, 0.6) is 5.75 Å².